The summed E-state index contributed by atoms with van der Waals surface area (Å²) in [6.45, 7) is 4.87. The number of rotatable bonds is 0. The van der Waals surface area contributed by atoms with Crippen LogP contribution < -0.4 is 0 Å². The summed E-state index contributed by atoms with van der Waals surface area (Å²) in [6, 6.07) is 0. The van der Waals surface area contributed by atoms with Gasteiger partial charge in [-0.05, 0) is 5.57 Å². The molecule has 0 saturated carbocycles. The summed E-state index contributed by atoms with van der Waals surface area (Å²) >= 11 is 0. The van der Waals surface area contributed by atoms with E-state index in [9.17, 15) is 0 Å². The van der Waals surface area contributed by atoms with Crippen LogP contribution in [0.3, 0.4) is 0 Å². The first-order chi connectivity index (χ1) is 2.88. The molecular weight excluding hydrogens is 74.1 g/mol. The Bertz CT molecular complexity index is 144. The van der Waals surface area contributed by atoms with Crippen LogP contribution in [0.25, 0.3) is 0 Å². The number of hydrogen-bond donors (Lipinski definition) is 0. The smallest absolute Gasteiger partial charge is 0.0620 e. The minimum absolute atomic E-state index is 1.09. The second kappa shape index (κ2) is 0.436. The van der Waals surface area contributed by atoms with Crippen LogP contribution in [-0.2, 0) is 0 Å². The van der Waals surface area contributed by atoms with Crippen LogP contribution in [0.5, 0.6) is 0 Å². The molecular formula is C5H5N. The van der Waals surface area contributed by atoms with E-state index >= 15 is 0 Å². The Morgan fingerprint density at radius 2 is 2.67 bits per heavy atom. The zero-order valence-corrected chi connectivity index (χ0v) is 3.44. The van der Waals surface area contributed by atoms with E-state index in [0.717, 1.165) is 6.54 Å². The molecule has 1 saturated heterocycles. The van der Waals surface area contributed by atoms with Gasteiger partial charge in [0.25, 0.3) is 0 Å². The van der Waals surface area contributed by atoms with Crippen LogP contribution in [-0.4, -0.2) is 11.4 Å². The molecule has 2 heterocycles. The predicted molar refractivity (Wildman–Crippen MR) is 23.9 cm³/mol. The fourth-order valence-corrected chi connectivity index (χ4v) is 0.739. The summed E-state index contributed by atoms with van der Waals surface area (Å²) in [5, 5.41) is 0. The molecule has 0 bridgehead atoms. The van der Waals surface area contributed by atoms with E-state index in [-0.39, 0.29) is 0 Å². The minimum Gasteiger partial charge on any atom is -0.340 e. The number of nitrogens with zero attached hydrogens (tertiary/aromatic N) is 1. The molecule has 1 heteroatoms. The van der Waals surface area contributed by atoms with E-state index in [4.69, 9.17) is 0 Å². The maximum absolute atomic E-state index is 3.77. The first kappa shape index (κ1) is 2.45. The van der Waals surface area contributed by atoms with Gasteiger partial charge in [-0.3, -0.25) is 0 Å². The Kier molecular flexibility index (Phi) is 0.178. The standard InChI is InChI=1S/C5H5N/c1-4-2-6-3-5(4)6/h3H,1-2H2. The molecule has 0 N–H and O–H groups in total. The van der Waals surface area contributed by atoms with Gasteiger partial charge in [0, 0.05) is 12.7 Å². The summed E-state index contributed by atoms with van der Waals surface area (Å²) in [5.74, 6) is 0. The van der Waals surface area contributed by atoms with Gasteiger partial charge in [-0.1, -0.05) is 6.58 Å². The molecule has 6 heavy (non-hydrogen) atoms. The summed E-state index contributed by atoms with van der Waals surface area (Å²) < 4.78 is 0. The van der Waals surface area contributed by atoms with Gasteiger partial charge in [0.2, 0.25) is 0 Å². The van der Waals surface area contributed by atoms with Crippen molar-refractivity contribution in [3.63, 3.8) is 0 Å². The van der Waals surface area contributed by atoms with Gasteiger partial charge < -0.3 is 4.90 Å². The predicted octanol–water partition coefficient (Wildman–Crippen LogP) is 0.713. The van der Waals surface area contributed by atoms with Crippen molar-refractivity contribution in [1.82, 2.24) is 4.90 Å². The Labute approximate surface area is 36.6 Å². The van der Waals surface area contributed by atoms with Crippen LogP contribution in [0, 0.1) is 0 Å². The van der Waals surface area contributed by atoms with Crippen LogP contribution in [0.15, 0.2) is 24.0 Å². The number of hydrogen-bond acceptors (Lipinski definition) is 1. The lowest BCUT2D eigenvalue weighted by Gasteiger charge is -2.15. The topological polar surface area (TPSA) is 3.01 Å². The molecule has 1 nitrogen and oxygen atoms in total. The van der Waals surface area contributed by atoms with Crippen molar-refractivity contribution in [2.24, 2.45) is 0 Å². The number of fused-ring (bicyclic) bond motifs is 1. The van der Waals surface area contributed by atoms with Gasteiger partial charge >= 0.3 is 0 Å². The lowest BCUT2D eigenvalue weighted by molar-refractivity contribution is 0.564. The molecule has 2 rings (SSSR count). The minimum atomic E-state index is 1.09. The summed E-state index contributed by atoms with van der Waals surface area (Å²) in [4.78, 5) is 2.18. The lowest BCUT2D eigenvalue weighted by atomic mass is 10.2. The van der Waals surface area contributed by atoms with Crippen molar-refractivity contribution in [2.45, 2.75) is 0 Å². The summed E-state index contributed by atoms with van der Waals surface area (Å²) in [5.41, 5.74) is 2.67. The molecule has 0 spiro atoms. The Morgan fingerprint density at radius 1 is 1.83 bits per heavy atom. The average molecular weight is 79.1 g/mol. The molecule has 0 aromatic heterocycles. The van der Waals surface area contributed by atoms with Gasteiger partial charge in [0.05, 0.1) is 5.70 Å². The van der Waals surface area contributed by atoms with Crippen molar-refractivity contribution in [1.29, 1.82) is 0 Å². The zero-order chi connectivity index (χ0) is 4.15. The van der Waals surface area contributed by atoms with Gasteiger partial charge in [-0.2, -0.15) is 0 Å². The van der Waals surface area contributed by atoms with E-state index in [1.165, 1.54) is 11.3 Å². The zero-order valence-electron chi connectivity index (χ0n) is 3.44. The van der Waals surface area contributed by atoms with Crippen LogP contribution in [0.1, 0.15) is 0 Å². The normalized spacial score (nSPS) is 25.0. The highest BCUT2D eigenvalue weighted by atomic mass is 15.3. The highest BCUT2D eigenvalue weighted by Gasteiger charge is 2.33. The van der Waals surface area contributed by atoms with Crippen LogP contribution in [0.4, 0.5) is 0 Å². The highest BCUT2D eigenvalue weighted by Crippen LogP contribution is 2.38. The Hall–Kier alpha value is -0.720. The Morgan fingerprint density at radius 3 is 2.67 bits per heavy atom. The first-order valence-electron chi connectivity index (χ1n) is 2.04. The molecule has 30 valence electrons. The summed E-state index contributed by atoms with van der Waals surface area (Å²) in [7, 11) is 0. The van der Waals surface area contributed by atoms with Gasteiger partial charge in [-0.25, -0.2) is 0 Å². The van der Waals surface area contributed by atoms with Crippen LogP contribution >= 0.6 is 0 Å². The quantitative estimate of drug-likeness (QED) is 0.413. The second-order valence-electron chi connectivity index (χ2n) is 1.75. The molecule has 2 aliphatic rings. The molecule has 0 unspecified atom stereocenters. The average Bonchev–Trinajstić information content (AvgIpc) is 2.12. The van der Waals surface area contributed by atoms with Gasteiger partial charge in [0.15, 0.2) is 0 Å². The fourth-order valence-electron chi connectivity index (χ4n) is 0.739. The van der Waals surface area contributed by atoms with Gasteiger partial charge in [-0.15, -0.1) is 0 Å². The summed E-state index contributed by atoms with van der Waals surface area (Å²) in [6.07, 6.45) is 2.11. The Balaban J connectivity index is 2.41. The monoisotopic (exact) mass is 79.0 g/mol. The van der Waals surface area contributed by atoms with E-state index in [1.807, 2.05) is 0 Å². The van der Waals surface area contributed by atoms with E-state index in [2.05, 4.69) is 17.7 Å². The second-order valence-corrected chi connectivity index (χ2v) is 1.75. The maximum Gasteiger partial charge on any atom is 0.0620 e. The van der Waals surface area contributed by atoms with Crippen LogP contribution in [0.2, 0.25) is 0 Å². The van der Waals surface area contributed by atoms with E-state index in [1.54, 1.807) is 0 Å². The van der Waals surface area contributed by atoms with Crippen molar-refractivity contribution in [3.05, 3.63) is 24.0 Å². The SMILES string of the molecule is C=C1CN2C=C12. The third-order valence-electron chi connectivity index (χ3n) is 1.24. The third kappa shape index (κ3) is 0.0967. The van der Waals surface area contributed by atoms with Crippen molar-refractivity contribution in [3.8, 4) is 0 Å². The van der Waals surface area contributed by atoms with E-state index in [0.29, 0.717) is 0 Å². The highest BCUT2D eigenvalue weighted by molar-refractivity contribution is 5.49. The largest absolute Gasteiger partial charge is 0.340 e. The van der Waals surface area contributed by atoms with E-state index < -0.39 is 0 Å². The molecule has 1 fully saturated rings. The van der Waals surface area contributed by atoms with Crippen molar-refractivity contribution >= 4 is 0 Å². The lowest BCUT2D eigenvalue weighted by Crippen LogP contribution is -2.15. The molecule has 0 aromatic rings. The van der Waals surface area contributed by atoms with Crippen molar-refractivity contribution in [2.75, 3.05) is 6.54 Å². The molecule has 0 aromatic carbocycles. The maximum atomic E-state index is 3.77. The fraction of sp³-hybridized carbons (Fsp3) is 0.200. The molecule has 0 radical (unpaired) electrons. The molecule has 0 atom stereocenters. The van der Waals surface area contributed by atoms with Gasteiger partial charge in [0.1, 0.15) is 0 Å². The molecule has 2 aliphatic heterocycles. The molecule has 0 aliphatic carbocycles. The first-order valence-corrected chi connectivity index (χ1v) is 2.04. The van der Waals surface area contributed by atoms with Crippen molar-refractivity contribution < 1.29 is 0 Å². The molecule has 0 amide bonds. The third-order valence-corrected chi connectivity index (χ3v) is 1.24.